The van der Waals surface area contributed by atoms with Crippen molar-refractivity contribution in [3.63, 3.8) is 0 Å². The molecule has 0 aliphatic rings. The standard InChI is InChI=1S/C14H9ClF2N2OS/c15-10-4-2-1-3-9(10)13(20)19-14(21)18-12-6-5-8(16)7-11(12)17/h1-7H,(H2,18,19,20,21). The molecule has 2 aromatic carbocycles. The van der Waals surface area contributed by atoms with Gasteiger partial charge >= 0.3 is 0 Å². The van der Waals surface area contributed by atoms with Gasteiger partial charge in [0, 0.05) is 6.07 Å². The van der Waals surface area contributed by atoms with Crippen LogP contribution >= 0.6 is 23.8 Å². The van der Waals surface area contributed by atoms with Gasteiger partial charge in [0.1, 0.15) is 11.6 Å². The summed E-state index contributed by atoms with van der Waals surface area (Å²) in [7, 11) is 0. The molecule has 0 bridgehead atoms. The number of nitrogens with one attached hydrogen (secondary N) is 2. The number of benzene rings is 2. The first-order valence-corrected chi connectivity index (χ1v) is 6.58. The van der Waals surface area contributed by atoms with Crippen LogP contribution in [-0.2, 0) is 0 Å². The van der Waals surface area contributed by atoms with Crippen molar-refractivity contribution in [2.75, 3.05) is 5.32 Å². The quantitative estimate of drug-likeness (QED) is 0.826. The molecule has 0 radical (unpaired) electrons. The summed E-state index contributed by atoms with van der Waals surface area (Å²) in [5, 5.41) is 4.99. The van der Waals surface area contributed by atoms with Gasteiger partial charge in [0.05, 0.1) is 16.3 Å². The second-order valence-electron chi connectivity index (χ2n) is 4.01. The van der Waals surface area contributed by atoms with E-state index in [2.05, 4.69) is 10.6 Å². The summed E-state index contributed by atoms with van der Waals surface area (Å²) in [4.78, 5) is 11.9. The van der Waals surface area contributed by atoms with E-state index in [1.807, 2.05) is 0 Å². The zero-order chi connectivity index (χ0) is 15.4. The lowest BCUT2D eigenvalue weighted by atomic mass is 10.2. The molecule has 1 amide bonds. The third-order valence-electron chi connectivity index (χ3n) is 2.52. The van der Waals surface area contributed by atoms with E-state index in [1.54, 1.807) is 18.2 Å². The number of hydrogen-bond donors (Lipinski definition) is 2. The summed E-state index contributed by atoms with van der Waals surface area (Å²) in [6.07, 6.45) is 0. The van der Waals surface area contributed by atoms with Crippen molar-refractivity contribution in [3.8, 4) is 0 Å². The molecule has 0 saturated heterocycles. The van der Waals surface area contributed by atoms with E-state index in [4.69, 9.17) is 23.8 Å². The molecule has 0 heterocycles. The van der Waals surface area contributed by atoms with E-state index < -0.39 is 17.5 Å². The maximum atomic E-state index is 13.4. The van der Waals surface area contributed by atoms with Gasteiger partial charge in [-0.2, -0.15) is 0 Å². The first-order valence-electron chi connectivity index (χ1n) is 5.79. The van der Waals surface area contributed by atoms with Gasteiger partial charge in [0.25, 0.3) is 5.91 Å². The molecule has 2 aromatic rings. The van der Waals surface area contributed by atoms with Crippen molar-refractivity contribution < 1.29 is 13.6 Å². The van der Waals surface area contributed by atoms with Crippen LogP contribution in [0.3, 0.4) is 0 Å². The first-order chi connectivity index (χ1) is 9.97. The molecule has 0 aliphatic heterocycles. The van der Waals surface area contributed by atoms with Crippen LogP contribution in [0.1, 0.15) is 10.4 Å². The Hall–Kier alpha value is -2.05. The summed E-state index contributed by atoms with van der Waals surface area (Å²) in [6, 6.07) is 9.38. The van der Waals surface area contributed by atoms with Gasteiger partial charge in [-0.1, -0.05) is 23.7 Å². The Morgan fingerprint density at radius 3 is 2.52 bits per heavy atom. The number of rotatable bonds is 2. The second-order valence-corrected chi connectivity index (χ2v) is 4.83. The smallest absolute Gasteiger partial charge is 0.258 e. The molecule has 0 unspecified atom stereocenters. The molecule has 0 aliphatic carbocycles. The topological polar surface area (TPSA) is 41.1 Å². The van der Waals surface area contributed by atoms with Gasteiger partial charge in [0.15, 0.2) is 5.11 Å². The lowest BCUT2D eigenvalue weighted by Crippen LogP contribution is -2.34. The van der Waals surface area contributed by atoms with Crippen molar-refractivity contribution in [2.24, 2.45) is 0 Å². The molecule has 0 saturated carbocycles. The number of amides is 1. The Morgan fingerprint density at radius 1 is 1.14 bits per heavy atom. The minimum Gasteiger partial charge on any atom is -0.330 e. The maximum absolute atomic E-state index is 13.4. The summed E-state index contributed by atoms with van der Waals surface area (Å²) < 4.78 is 26.2. The minimum atomic E-state index is -0.815. The average molecular weight is 327 g/mol. The van der Waals surface area contributed by atoms with Crippen molar-refractivity contribution in [3.05, 3.63) is 64.7 Å². The van der Waals surface area contributed by atoms with Crippen molar-refractivity contribution in [2.45, 2.75) is 0 Å². The van der Waals surface area contributed by atoms with Crippen molar-refractivity contribution >= 4 is 40.5 Å². The fourth-order valence-corrected chi connectivity index (χ4v) is 1.98. The van der Waals surface area contributed by atoms with Crippen LogP contribution < -0.4 is 10.6 Å². The van der Waals surface area contributed by atoms with Crippen LogP contribution in [0, 0.1) is 11.6 Å². The molecule has 2 N–H and O–H groups in total. The third kappa shape index (κ3) is 3.96. The highest BCUT2D eigenvalue weighted by Gasteiger charge is 2.12. The summed E-state index contributed by atoms with van der Waals surface area (Å²) in [5.74, 6) is -2.05. The van der Waals surface area contributed by atoms with Crippen LogP contribution in [0.5, 0.6) is 0 Å². The molecule has 21 heavy (non-hydrogen) atoms. The van der Waals surface area contributed by atoms with Crippen LogP contribution in [-0.4, -0.2) is 11.0 Å². The molecule has 2 rings (SSSR count). The number of halogens is 3. The molecular formula is C14H9ClF2N2OS. The number of thiocarbonyl (C=S) groups is 1. The summed E-state index contributed by atoms with van der Waals surface area (Å²) in [6.45, 7) is 0. The van der Waals surface area contributed by atoms with Crippen LogP contribution in [0.2, 0.25) is 5.02 Å². The molecular weight excluding hydrogens is 318 g/mol. The zero-order valence-electron chi connectivity index (χ0n) is 10.5. The van der Waals surface area contributed by atoms with Crippen LogP contribution in [0.15, 0.2) is 42.5 Å². The SMILES string of the molecule is O=C(NC(=S)Nc1ccc(F)cc1F)c1ccccc1Cl. The van der Waals surface area contributed by atoms with Gasteiger partial charge in [-0.25, -0.2) is 8.78 Å². The second kappa shape index (κ2) is 6.60. The Kier molecular flexibility index (Phi) is 4.82. The van der Waals surface area contributed by atoms with E-state index in [0.29, 0.717) is 6.07 Å². The third-order valence-corrected chi connectivity index (χ3v) is 3.06. The number of carbonyl (C=O) groups is 1. The molecule has 3 nitrogen and oxygen atoms in total. The molecule has 0 atom stereocenters. The number of anilines is 1. The average Bonchev–Trinajstić information content (AvgIpc) is 2.42. The maximum Gasteiger partial charge on any atom is 0.258 e. The van der Waals surface area contributed by atoms with E-state index in [-0.39, 0.29) is 21.4 Å². The highest BCUT2D eigenvalue weighted by molar-refractivity contribution is 7.80. The van der Waals surface area contributed by atoms with E-state index in [0.717, 1.165) is 6.07 Å². The molecule has 0 spiro atoms. The van der Waals surface area contributed by atoms with Crippen molar-refractivity contribution in [1.82, 2.24) is 5.32 Å². The molecule has 0 aromatic heterocycles. The van der Waals surface area contributed by atoms with Crippen LogP contribution in [0.4, 0.5) is 14.5 Å². The Balaban J connectivity index is 2.05. The lowest BCUT2D eigenvalue weighted by Gasteiger charge is -2.11. The Morgan fingerprint density at radius 2 is 1.86 bits per heavy atom. The highest BCUT2D eigenvalue weighted by Crippen LogP contribution is 2.16. The van der Waals surface area contributed by atoms with E-state index >= 15 is 0 Å². The predicted octanol–water partition coefficient (Wildman–Crippen LogP) is 3.75. The highest BCUT2D eigenvalue weighted by atomic mass is 35.5. The lowest BCUT2D eigenvalue weighted by molar-refractivity contribution is 0.0978. The van der Waals surface area contributed by atoms with Gasteiger partial charge in [-0.15, -0.1) is 0 Å². The fraction of sp³-hybridized carbons (Fsp3) is 0. The number of carbonyl (C=O) groups excluding carboxylic acids is 1. The number of hydrogen-bond acceptors (Lipinski definition) is 2. The largest absolute Gasteiger partial charge is 0.330 e. The molecule has 108 valence electrons. The molecule has 7 heteroatoms. The Bertz CT molecular complexity index is 709. The monoisotopic (exact) mass is 326 g/mol. The van der Waals surface area contributed by atoms with E-state index in [1.165, 1.54) is 12.1 Å². The zero-order valence-corrected chi connectivity index (χ0v) is 12.1. The van der Waals surface area contributed by atoms with Gasteiger partial charge in [-0.05, 0) is 36.5 Å². The van der Waals surface area contributed by atoms with Gasteiger partial charge in [0.2, 0.25) is 0 Å². The van der Waals surface area contributed by atoms with Crippen molar-refractivity contribution in [1.29, 1.82) is 0 Å². The van der Waals surface area contributed by atoms with Crippen LogP contribution in [0.25, 0.3) is 0 Å². The normalized spacial score (nSPS) is 10.0. The fourth-order valence-electron chi connectivity index (χ4n) is 1.56. The first kappa shape index (κ1) is 15.3. The van der Waals surface area contributed by atoms with E-state index in [9.17, 15) is 13.6 Å². The minimum absolute atomic E-state index is 0.0409. The Labute approximate surface area is 129 Å². The summed E-state index contributed by atoms with van der Waals surface area (Å²) >= 11 is 10.8. The van der Waals surface area contributed by atoms with Gasteiger partial charge in [-0.3, -0.25) is 10.1 Å². The van der Waals surface area contributed by atoms with Gasteiger partial charge < -0.3 is 5.32 Å². The summed E-state index contributed by atoms with van der Waals surface area (Å²) in [5.41, 5.74) is 0.198. The molecule has 0 fully saturated rings. The predicted molar refractivity (Wildman–Crippen MR) is 81.5 cm³/mol.